The van der Waals surface area contributed by atoms with Crippen molar-refractivity contribution in [2.24, 2.45) is 20.0 Å². The minimum absolute atomic E-state index is 0.490. The molecule has 8 heteroatoms. The number of nitrogens with two attached hydrogens (primary N) is 2. The van der Waals surface area contributed by atoms with Gasteiger partial charge in [0.1, 0.15) is 11.7 Å². The second-order valence-electron chi connectivity index (χ2n) is 6.52. The highest BCUT2D eigenvalue weighted by atomic mass is 32.2. The maximum Gasteiger partial charge on any atom is 0.241 e. The Morgan fingerprint density at radius 3 is 2.00 bits per heavy atom. The Hall–Kier alpha value is -3.65. The molecule has 3 aliphatic heterocycles. The lowest BCUT2D eigenvalue weighted by molar-refractivity contribution is 0.710. The lowest BCUT2D eigenvalue weighted by atomic mass is 10.1. The van der Waals surface area contributed by atoms with Crippen molar-refractivity contribution in [3.63, 3.8) is 0 Å². The first-order valence-electron chi connectivity index (χ1n) is 8.96. The number of hydrogen-bond donors (Lipinski definition) is 2. The van der Waals surface area contributed by atoms with E-state index >= 15 is 0 Å². The smallest absolute Gasteiger partial charge is 0.241 e. The van der Waals surface area contributed by atoms with Crippen molar-refractivity contribution in [3.8, 4) is 0 Å². The van der Waals surface area contributed by atoms with Gasteiger partial charge in [0.15, 0.2) is 11.7 Å². The van der Waals surface area contributed by atoms with Crippen LogP contribution in [0.1, 0.15) is 11.1 Å². The van der Waals surface area contributed by atoms with Crippen LogP contribution in [-0.2, 0) is 0 Å². The summed E-state index contributed by atoms with van der Waals surface area (Å²) >= 11 is 1.63. The molecule has 29 heavy (non-hydrogen) atoms. The number of hydrogen-bond acceptors (Lipinski definition) is 8. The van der Waals surface area contributed by atoms with Crippen molar-refractivity contribution < 1.29 is 0 Å². The SMILES string of the molecule is CSC1=CC2=NC(c3ccccc3N)=NC3=NC(c4ccccc4N)=NC(=C1)N23. The van der Waals surface area contributed by atoms with Gasteiger partial charge in [-0.05, 0) is 42.7 Å². The number of nitrogens with zero attached hydrogens (tertiary/aromatic N) is 5. The lowest BCUT2D eigenvalue weighted by Crippen LogP contribution is -2.42. The van der Waals surface area contributed by atoms with Gasteiger partial charge >= 0.3 is 0 Å². The summed E-state index contributed by atoms with van der Waals surface area (Å²) in [5.74, 6) is 2.95. The molecule has 0 spiro atoms. The molecule has 0 saturated carbocycles. The van der Waals surface area contributed by atoms with Crippen LogP contribution in [0.5, 0.6) is 0 Å². The van der Waals surface area contributed by atoms with E-state index in [-0.39, 0.29) is 0 Å². The number of allylic oxidation sites excluding steroid dienone is 1. The highest BCUT2D eigenvalue weighted by molar-refractivity contribution is 8.02. The Bertz CT molecular complexity index is 1170. The molecule has 0 unspecified atom stereocenters. The highest BCUT2D eigenvalue weighted by Crippen LogP contribution is 2.31. The van der Waals surface area contributed by atoms with Gasteiger partial charge in [-0.3, -0.25) is 0 Å². The van der Waals surface area contributed by atoms with Crippen molar-refractivity contribution in [3.05, 3.63) is 82.5 Å². The quantitative estimate of drug-likeness (QED) is 0.773. The molecular weight excluding hydrogens is 382 g/mol. The summed E-state index contributed by atoms with van der Waals surface area (Å²) in [6, 6.07) is 15.1. The number of guanidine groups is 1. The van der Waals surface area contributed by atoms with Gasteiger partial charge in [-0.1, -0.05) is 24.3 Å². The monoisotopic (exact) mass is 399 g/mol. The molecule has 2 aromatic rings. The van der Waals surface area contributed by atoms with Gasteiger partial charge in [0, 0.05) is 27.4 Å². The van der Waals surface area contributed by atoms with Crippen LogP contribution in [0.4, 0.5) is 11.4 Å². The molecule has 3 aliphatic rings. The maximum atomic E-state index is 6.16. The van der Waals surface area contributed by atoms with E-state index < -0.39 is 0 Å². The molecule has 0 aromatic heterocycles. The predicted molar refractivity (Wildman–Crippen MR) is 121 cm³/mol. The van der Waals surface area contributed by atoms with Crippen molar-refractivity contribution in [2.45, 2.75) is 0 Å². The van der Waals surface area contributed by atoms with Crippen LogP contribution in [0.15, 0.2) is 91.4 Å². The summed E-state index contributed by atoms with van der Waals surface area (Å²) in [5, 5.41) is 0. The normalized spacial score (nSPS) is 17.3. The molecule has 0 radical (unpaired) electrons. The van der Waals surface area contributed by atoms with Crippen LogP contribution >= 0.6 is 11.8 Å². The summed E-state index contributed by atoms with van der Waals surface area (Å²) in [5.41, 5.74) is 15.1. The molecule has 0 aliphatic carbocycles. The number of nitrogen functional groups attached to an aromatic ring is 2. The van der Waals surface area contributed by atoms with E-state index in [4.69, 9.17) is 31.4 Å². The summed E-state index contributed by atoms with van der Waals surface area (Å²) in [4.78, 5) is 21.8. The van der Waals surface area contributed by atoms with Crippen molar-refractivity contribution in [1.82, 2.24) is 4.90 Å². The van der Waals surface area contributed by atoms with Crippen LogP contribution in [0, 0.1) is 0 Å². The summed E-state index contributed by atoms with van der Waals surface area (Å²) in [6.07, 6.45) is 6.01. The molecule has 0 fully saturated rings. The van der Waals surface area contributed by atoms with E-state index in [2.05, 4.69) is 0 Å². The number of anilines is 2. The Balaban J connectivity index is 1.71. The summed E-state index contributed by atoms with van der Waals surface area (Å²) in [6.45, 7) is 0. The van der Waals surface area contributed by atoms with Crippen LogP contribution in [0.2, 0.25) is 0 Å². The van der Waals surface area contributed by atoms with Crippen molar-refractivity contribution in [1.29, 1.82) is 0 Å². The Morgan fingerprint density at radius 2 is 1.38 bits per heavy atom. The summed E-state index contributed by atoms with van der Waals surface area (Å²) < 4.78 is 0. The van der Waals surface area contributed by atoms with E-state index in [0.29, 0.717) is 40.7 Å². The molecule has 4 N–H and O–H groups in total. The Morgan fingerprint density at radius 1 is 0.759 bits per heavy atom. The van der Waals surface area contributed by atoms with E-state index in [0.717, 1.165) is 16.0 Å². The van der Waals surface area contributed by atoms with Crippen LogP contribution in [-0.4, -0.2) is 34.6 Å². The van der Waals surface area contributed by atoms with Crippen LogP contribution < -0.4 is 11.5 Å². The van der Waals surface area contributed by atoms with E-state index in [9.17, 15) is 0 Å². The van der Waals surface area contributed by atoms with Crippen LogP contribution in [0.25, 0.3) is 0 Å². The van der Waals surface area contributed by atoms with E-state index in [1.54, 1.807) is 11.8 Å². The fraction of sp³-hybridized carbons (Fsp3) is 0.0476. The van der Waals surface area contributed by atoms with E-state index in [1.807, 2.05) is 71.8 Å². The molecule has 7 nitrogen and oxygen atoms in total. The third kappa shape index (κ3) is 2.94. The van der Waals surface area contributed by atoms with Gasteiger partial charge in [-0.15, -0.1) is 11.8 Å². The van der Waals surface area contributed by atoms with Gasteiger partial charge in [0.2, 0.25) is 5.96 Å². The zero-order chi connectivity index (χ0) is 20.0. The molecule has 0 amide bonds. The lowest BCUT2D eigenvalue weighted by Gasteiger charge is -2.32. The molecule has 0 saturated heterocycles. The Labute approximate surface area is 172 Å². The van der Waals surface area contributed by atoms with Gasteiger partial charge in [0.25, 0.3) is 0 Å². The fourth-order valence-electron chi connectivity index (χ4n) is 3.25. The third-order valence-electron chi connectivity index (χ3n) is 4.69. The van der Waals surface area contributed by atoms with Crippen LogP contribution in [0.3, 0.4) is 0 Å². The molecule has 0 atom stereocenters. The standard InChI is InChI=1S/C21H17N7S/c1-29-12-10-17-24-19(13-6-2-4-8-15(13)22)26-21-27-20(25-18(11-12)28(17)21)14-7-3-5-9-16(14)23/h2-11H,22-23H2,1H3. The number of benzene rings is 2. The first-order valence-corrected chi connectivity index (χ1v) is 10.2. The molecule has 3 heterocycles. The zero-order valence-electron chi connectivity index (χ0n) is 15.6. The summed E-state index contributed by atoms with van der Waals surface area (Å²) in [7, 11) is 0. The number of amidine groups is 3. The first kappa shape index (κ1) is 17.4. The molecule has 5 rings (SSSR count). The third-order valence-corrected chi connectivity index (χ3v) is 5.40. The Kier molecular flexibility index (Phi) is 4.06. The number of rotatable bonds is 3. The second kappa shape index (κ2) is 6.75. The highest BCUT2D eigenvalue weighted by Gasteiger charge is 2.33. The van der Waals surface area contributed by atoms with Crippen molar-refractivity contribution >= 4 is 46.6 Å². The molecule has 0 bridgehead atoms. The van der Waals surface area contributed by atoms with Gasteiger partial charge in [0.05, 0.1) is 0 Å². The molecule has 2 aromatic carbocycles. The maximum absolute atomic E-state index is 6.16. The van der Waals surface area contributed by atoms with Gasteiger partial charge in [-0.25, -0.2) is 14.9 Å². The van der Waals surface area contributed by atoms with E-state index in [1.165, 1.54) is 0 Å². The number of thioether (sulfide) groups is 1. The number of para-hydroxylation sites is 2. The first-order chi connectivity index (χ1) is 14.1. The average Bonchev–Trinajstić information content (AvgIpc) is 2.73. The van der Waals surface area contributed by atoms with Gasteiger partial charge in [-0.2, -0.15) is 9.98 Å². The van der Waals surface area contributed by atoms with Gasteiger partial charge < -0.3 is 11.5 Å². The minimum atomic E-state index is 0.490. The zero-order valence-corrected chi connectivity index (χ0v) is 16.4. The molecule has 142 valence electrons. The largest absolute Gasteiger partial charge is 0.398 e. The second-order valence-corrected chi connectivity index (χ2v) is 7.40. The molecular formula is C21H17N7S. The fourth-order valence-corrected chi connectivity index (χ4v) is 3.70. The van der Waals surface area contributed by atoms with Crippen molar-refractivity contribution in [2.75, 3.05) is 17.7 Å². The number of aliphatic imine (C=N–C) groups is 4. The average molecular weight is 399 g/mol. The predicted octanol–water partition coefficient (Wildman–Crippen LogP) is 3.23. The minimum Gasteiger partial charge on any atom is -0.398 e. The topological polar surface area (TPSA) is 105 Å².